The predicted octanol–water partition coefficient (Wildman–Crippen LogP) is 2.07. The molecule has 0 spiro atoms. The molecule has 80 valence electrons. The lowest BCUT2D eigenvalue weighted by Gasteiger charge is -2.02. The molecule has 2 N–H and O–H groups in total. The minimum atomic E-state index is -1.34. The van der Waals surface area contributed by atoms with Crippen molar-refractivity contribution >= 4 is 12.0 Å². The molecule has 1 rings (SSSR count). The van der Waals surface area contributed by atoms with Crippen molar-refractivity contribution in [3.8, 4) is 5.75 Å². The maximum atomic E-state index is 10.3. The van der Waals surface area contributed by atoms with Gasteiger partial charge in [0, 0.05) is 0 Å². The van der Waals surface area contributed by atoms with Crippen molar-refractivity contribution in [1.82, 2.24) is 0 Å². The highest BCUT2D eigenvalue weighted by Gasteiger charge is 2.03. The lowest BCUT2D eigenvalue weighted by atomic mass is 10.2. The Kier molecular flexibility index (Phi) is 3.74. The van der Waals surface area contributed by atoms with Gasteiger partial charge >= 0.3 is 5.97 Å². The zero-order valence-electron chi connectivity index (χ0n) is 8.30. The highest BCUT2D eigenvalue weighted by atomic mass is 16.5. The normalized spacial score (nSPS) is 11.1. The lowest BCUT2D eigenvalue weighted by molar-refractivity contribution is -0.135. The van der Waals surface area contributed by atoms with Crippen LogP contribution in [0.1, 0.15) is 12.5 Å². The summed E-state index contributed by atoms with van der Waals surface area (Å²) in [4.78, 5) is 10.3. The van der Waals surface area contributed by atoms with Gasteiger partial charge in [-0.15, -0.1) is 0 Å². The van der Waals surface area contributed by atoms with Crippen molar-refractivity contribution in [1.29, 1.82) is 0 Å². The van der Waals surface area contributed by atoms with Crippen LogP contribution in [-0.2, 0) is 4.79 Å². The molecule has 1 aromatic carbocycles. The molecule has 0 saturated carbocycles. The molecule has 0 saturated heterocycles. The average Bonchev–Trinajstić information content (AvgIpc) is 2.21. The third-order valence-electron chi connectivity index (χ3n) is 1.71. The quantitative estimate of drug-likeness (QED) is 0.587. The molecule has 0 fully saturated rings. The number of carboxylic acids is 1. The zero-order valence-corrected chi connectivity index (χ0v) is 8.30. The number of carbonyl (C=O) groups is 1. The van der Waals surface area contributed by atoms with Crippen LogP contribution in [0.4, 0.5) is 0 Å². The van der Waals surface area contributed by atoms with Crippen LogP contribution in [0.15, 0.2) is 30.0 Å². The number of hydrogen-bond donors (Lipinski definition) is 2. The molecule has 15 heavy (non-hydrogen) atoms. The Hall–Kier alpha value is -1.97. The Bertz CT molecular complexity index is 365. The first-order valence-corrected chi connectivity index (χ1v) is 4.50. The molecule has 0 aromatic heterocycles. The molecule has 0 amide bonds. The van der Waals surface area contributed by atoms with Crippen molar-refractivity contribution in [3.63, 3.8) is 0 Å². The van der Waals surface area contributed by atoms with E-state index in [0.717, 1.165) is 0 Å². The number of aliphatic hydroxyl groups excluding tert-OH is 1. The van der Waals surface area contributed by atoms with E-state index in [9.17, 15) is 4.79 Å². The molecular weight excluding hydrogens is 196 g/mol. The second-order valence-electron chi connectivity index (χ2n) is 2.84. The topological polar surface area (TPSA) is 66.8 Å². The van der Waals surface area contributed by atoms with Crippen LogP contribution >= 0.6 is 0 Å². The molecule has 0 aliphatic carbocycles. The van der Waals surface area contributed by atoms with Gasteiger partial charge in [0.1, 0.15) is 5.75 Å². The number of benzene rings is 1. The van der Waals surface area contributed by atoms with Gasteiger partial charge in [0.25, 0.3) is 0 Å². The van der Waals surface area contributed by atoms with Crippen LogP contribution in [0.3, 0.4) is 0 Å². The number of carboxylic acid groups (broad SMARTS) is 1. The Balaban J connectivity index is 2.80. The van der Waals surface area contributed by atoms with Gasteiger partial charge in [-0.3, -0.25) is 0 Å². The van der Waals surface area contributed by atoms with Crippen molar-refractivity contribution in [3.05, 3.63) is 35.6 Å². The Morgan fingerprint density at radius 3 is 2.40 bits per heavy atom. The van der Waals surface area contributed by atoms with E-state index >= 15 is 0 Å². The zero-order chi connectivity index (χ0) is 11.3. The summed E-state index contributed by atoms with van der Waals surface area (Å²) in [5.74, 6) is -1.31. The standard InChI is InChI=1S/C11H12O4/c1-2-15-9-5-3-8(4-6-9)7-10(12)11(13)14/h3-7,12H,2H2,1H3,(H,13,14)/b10-7-. The molecule has 0 atom stereocenters. The molecule has 4 nitrogen and oxygen atoms in total. The van der Waals surface area contributed by atoms with E-state index in [1.54, 1.807) is 24.3 Å². The van der Waals surface area contributed by atoms with Crippen LogP contribution in [0.5, 0.6) is 5.75 Å². The first-order valence-electron chi connectivity index (χ1n) is 4.50. The molecule has 0 heterocycles. The van der Waals surface area contributed by atoms with Crippen LogP contribution in [0.25, 0.3) is 6.08 Å². The maximum Gasteiger partial charge on any atom is 0.370 e. The first-order chi connectivity index (χ1) is 7.13. The third kappa shape index (κ3) is 3.34. The number of rotatable bonds is 4. The van der Waals surface area contributed by atoms with E-state index in [0.29, 0.717) is 17.9 Å². The summed E-state index contributed by atoms with van der Waals surface area (Å²) in [5.41, 5.74) is 0.610. The largest absolute Gasteiger partial charge is 0.502 e. The van der Waals surface area contributed by atoms with E-state index in [1.165, 1.54) is 6.08 Å². The van der Waals surface area contributed by atoms with Gasteiger partial charge in [0.2, 0.25) is 5.76 Å². The minimum absolute atomic E-state index is 0.579. The SMILES string of the molecule is CCOc1ccc(/C=C(\O)C(=O)O)cc1. The molecule has 0 aliphatic heterocycles. The molecule has 0 unspecified atom stereocenters. The van der Waals surface area contributed by atoms with E-state index in [-0.39, 0.29) is 0 Å². The molecule has 0 radical (unpaired) electrons. The van der Waals surface area contributed by atoms with Gasteiger partial charge in [-0.25, -0.2) is 4.79 Å². The smallest absolute Gasteiger partial charge is 0.370 e. The first kappa shape index (κ1) is 11.1. The number of hydrogen-bond acceptors (Lipinski definition) is 3. The van der Waals surface area contributed by atoms with Crippen molar-refractivity contribution in [2.45, 2.75) is 6.92 Å². The van der Waals surface area contributed by atoms with Gasteiger partial charge in [-0.2, -0.15) is 0 Å². The molecule has 1 aromatic rings. The van der Waals surface area contributed by atoms with Crippen LogP contribution < -0.4 is 4.74 Å². The summed E-state index contributed by atoms with van der Waals surface area (Å²) >= 11 is 0. The Morgan fingerprint density at radius 1 is 1.33 bits per heavy atom. The van der Waals surface area contributed by atoms with E-state index in [4.69, 9.17) is 14.9 Å². The van der Waals surface area contributed by atoms with Gasteiger partial charge in [-0.05, 0) is 30.7 Å². The van der Waals surface area contributed by atoms with Crippen LogP contribution in [0, 0.1) is 0 Å². The second-order valence-corrected chi connectivity index (χ2v) is 2.84. The van der Waals surface area contributed by atoms with Gasteiger partial charge < -0.3 is 14.9 Å². The van der Waals surface area contributed by atoms with E-state index < -0.39 is 11.7 Å². The maximum absolute atomic E-state index is 10.3. The number of aliphatic carboxylic acids is 1. The summed E-state index contributed by atoms with van der Waals surface area (Å²) in [6.45, 7) is 2.46. The van der Waals surface area contributed by atoms with Crippen molar-refractivity contribution in [2.24, 2.45) is 0 Å². The van der Waals surface area contributed by atoms with Crippen molar-refractivity contribution < 1.29 is 19.7 Å². The summed E-state index contributed by atoms with van der Waals surface area (Å²) in [7, 11) is 0. The average molecular weight is 208 g/mol. The molecule has 0 bridgehead atoms. The van der Waals surface area contributed by atoms with Gasteiger partial charge in [0.15, 0.2) is 0 Å². The monoisotopic (exact) mass is 208 g/mol. The van der Waals surface area contributed by atoms with Crippen LogP contribution in [0.2, 0.25) is 0 Å². The fourth-order valence-electron chi connectivity index (χ4n) is 1.05. The summed E-state index contributed by atoms with van der Waals surface area (Å²) in [6.07, 6.45) is 1.18. The predicted molar refractivity (Wildman–Crippen MR) is 55.9 cm³/mol. The Labute approximate surface area is 87.4 Å². The third-order valence-corrected chi connectivity index (χ3v) is 1.71. The highest BCUT2D eigenvalue weighted by Crippen LogP contribution is 2.13. The van der Waals surface area contributed by atoms with Crippen LogP contribution in [-0.4, -0.2) is 22.8 Å². The molecule has 0 aliphatic rings. The molecular formula is C11H12O4. The van der Waals surface area contributed by atoms with E-state index in [2.05, 4.69) is 0 Å². The van der Waals surface area contributed by atoms with Gasteiger partial charge in [0.05, 0.1) is 6.61 Å². The summed E-state index contributed by atoms with van der Waals surface area (Å²) in [6, 6.07) is 6.77. The summed E-state index contributed by atoms with van der Waals surface area (Å²) < 4.78 is 5.21. The number of aliphatic hydroxyl groups is 1. The van der Waals surface area contributed by atoms with Gasteiger partial charge in [-0.1, -0.05) is 12.1 Å². The molecule has 4 heteroatoms. The number of ether oxygens (including phenoxy) is 1. The second kappa shape index (κ2) is 5.05. The van der Waals surface area contributed by atoms with E-state index in [1.807, 2.05) is 6.92 Å². The Morgan fingerprint density at radius 2 is 1.93 bits per heavy atom. The minimum Gasteiger partial charge on any atom is -0.502 e. The summed E-state index contributed by atoms with van der Waals surface area (Å²) in [5, 5.41) is 17.4. The fourth-order valence-corrected chi connectivity index (χ4v) is 1.05. The lowest BCUT2D eigenvalue weighted by Crippen LogP contribution is -1.98. The highest BCUT2D eigenvalue weighted by molar-refractivity contribution is 5.89. The van der Waals surface area contributed by atoms with Crippen molar-refractivity contribution in [2.75, 3.05) is 6.61 Å². The fraction of sp³-hybridized carbons (Fsp3) is 0.182.